The fourth-order valence-electron chi connectivity index (χ4n) is 3.00. The van der Waals surface area contributed by atoms with Crippen LogP contribution in [0.25, 0.3) is 0 Å². The average Bonchev–Trinajstić information content (AvgIpc) is 2.51. The topological polar surface area (TPSA) is 74.6 Å². The highest BCUT2D eigenvalue weighted by atomic mass is 16.4. The second-order valence-corrected chi connectivity index (χ2v) is 6.16. The van der Waals surface area contributed by atoms with Crippen LogP contribution in [0.3, 0.4) is 0 Å². The Bertz CT molecular complexity index is 456. The van der Waals surface area contributed by atoms with Gasteiger partial charge in [0.15, 0.2) is 5.92 Å². The van der Waals surface area contributed by atoms with Gasteiger partial charge in [0.05, 0.1) is 0 Å². The van der Waals surface area contributed by atoms with Gasteiger partial charge in [-0.25, -0.2) is 0 Å². The first-order chi connectivity index (χ1) is 11.1. The second kappa shape index (κ2) is 10.8. The Balaban J connectivity index is 2.64. The van der Waals surface area contributed by atoms with Crippen molar-refractivity contribution in [2.75, 3.05) is 0 Å². The molecule has 1 aromatic carbocycles. The number of benzene rings is 1. The van der Waals surface area contributed by atoms with Crippen LogP contribution in [0.4, 0.5) is 0 Å². The van der Waals surface area contributed by atoms with Crippen molar-refractivity contribution in [2.45, 2.75) is 58.3 Å². The molecule has 0 aliphatic heterocycles. The summed E-state index contributed by atoms with van der Waals surface area (Å²) in [5.74, 6) is -4.15. The largest absolute Gasteiger partial charge is 0.481 e. The van der Waals surface area contributed by atoms with Crippen LogP contribution in [0.5, 0.6) is 0 Å². The standard InChI is InChI=1S/C19H28O4/c1-2-3-4-5-6-10-13-16(17(18(20)21)19(22)23)14-15-11-8-7-9-12-15/h7-9,11-12,16-17H,2-6,10,13-14H2,1H3,(H,20,21)(H,22,23). The molecule has 0 heterocycles. The minimum atomic E-state index is -1.33. The van der Waals surface area contributed by atoms with Gasteiger partial charge in [0, 0.05) is 0 Å². The molecule has 23 heavy (non-hydrogen) atoms. The van der Waals surface area contributed by atoms with E-state index in [2.05, 4.69) is 6.92 Å². The molecule has 0 aromatic heterocycles. The van der Waals surface area contributed by atoms with E-state index in [-0.39, 0.29) is 5.92 Å². The maximum atomic E-state index is 11.4. The van der Waals surface area contributed by atoms with E-state index in [4.69, 9.17) is 0 Å². The van der Waals surface area contributed by atoms with Crippen molar-refractivity contribution >= 4 is 11.9 Å². The SMILES string of the molecule is CCCCCCCCC(Cc1ccccc1)C(C(=O)O)C(=O)O. The smallest absolute Gasteiger partial charge is 0.318 e. The van der Waals surface area contributed by atoms with E-state index in [9.17, 15) is 19.8 Å². The Labute approximate surface area is 138 Å². The zero-order chi connectivity index (χ0) is 17.1. The molecule has 0 aliphatic carbocycles. The van der Waals surface area contributed by atoms with Gasteiger partial charge >= 0.3 is 11.9 Å². The molecule has 0 radical (unpaired) electrons. The van der Waals surface area contributed by atoms with Crippen LogP contribution in [0.15, 0.2) is 30.3 Å². The van der Waals surface area contributed by atoms with Gasteiger partial charge in [0.2, 0.25) is 0 Å². The summed E-state index contributed by atoms with van der Waals surface area (Å²) in [4.78, 5) is 22.7. The highest BCUT2D eigenvalue weighted by Gasteiger charge is 2.34. The number of unbranched alkanes of at least 4 members (excludes halogenated alkanes) is 5. The molecule has 1 rings (SSSR count). The molecule has 1 aromatic rings. The molecule has 0 saturated heterocycles. The Morgan fingerprint density at radius 1 is 0.913 bits per heavy atom. The van der Waals surface area contributed by atoms with Crippen molar-refractivity contribution in [3.05, 3.63) is 35.9 Å². The minimum Gasteiger partial charge on any atom is -0.481 e. The lowest BCUT2D eigenvalue weighted by molar-refractivity contribution is -0.157. The first-order valence-corrected chi connectivity index (χ1v) is 8.55. The molecule has 0 fully saturated rings. The molecule has 0 bridgehead atoms. The van der Waals surface area contributed by atoms with Crippen molar-refractivity contribution in [2.24, 2.45) is 11.8 Å². The summed E-state index contributed by atoms with van der Waals surface area (Å²) in [6.07, 6.45) is 7.81. The first kappa shape index (κ1) is 19.2. The monoisotopic (exact) mass is 320 g/mol. The van der Waals surface area contributed by atoms with Gasteiger partial charge in [0.1, 0.15) is 0 Å². The number of rotatable bonds is 12. The summed E-state index contributed by atoms with van der Waals surface area (Å²) in [6, 6.07) is 9.55. The van der Waals surface area contributed by atoms with Gasteiger partial charge in [-0.3, -0.25) is 9.59 Å². The Morgan fingerprint density at radius 3 is 2.04 bits per heavy atom. The molecule has 0 saturated carbocycles. The van der Waals surface area contributed by atoms with Gasteiger partial charge in [-0.1, -0.05) is 75.8 Å². The molecule has 1 atom stereocenters. The second-order valence-electron chi connectivity index (χ2n) is 6.16. The summed E-state index contributed by atoms with van der Waals surface area (Å²) in [6.45, 7) is 2.17. The molecule has 0 aliphatic rings. The molecule has 0 spiro atoms. The number of carboxylic acid groups (broad SMARTS) is 2. The van der Waals surface area contributed by atoms with Gasteiger partial charge in [-0.05, 0) is 24.3 Å². The van der Waals surface area contributed by atoms with Crippen LogP contribution in [0, 0.1) is 11.8 Å². The van der Waals surface area contributed by atoms with Crippen LogP contribution < -0.4 is 0 Å². The third-order valence-corrected chi connectivity index (χ3v) is 4.27. The number of carbonyl (C=O) groups is 2. The molecule has 4 nitrogen and oxygen atoms in total. The zero-order valence-electron chi connectivity index (χ0n) is 13.9. The Hall–Kier alpha value is -1.84. The predicted octanol–water partition coefficient (Wildman–Crippen LogP) is 4.38. The predicted molar refractivity (Wildman–Crippen MR) is 90.4 cm³/mol. The zero-order valence-corrected chi connectivity index (χ0v) is 13.9. The van der Waals surface area contributed by atoms with E-state index in [0.29, 0.717) is 12.8 Å². The molecule has 0 amide bonds. The van der Waals surface area contributed by atoms with Gasteiger partial charge in [-0.15, -0.1) is 0 Å². The Morgan fingerprint density at radius 2 is 1.48 bits per heavy atom. The summed E-state index contributed by atoms with van der Waals surface area (Å²) in [7, 11) is 0. The molecule has 4 heteroatoms. The third kappa shape index (κ3) is 7.31. The van der Waals surface area contributed by atoms with Crippen LogP contribution >= 0.6 is 0 Å². The van der Waals surface area contributed by atoms with Crippen molar-refractivity contribution in [1.29, 1.82) is 0 Å². The maximum Gasteiger partial charge on any atom is 0.318 e. The molecule has 2 N–H and O–H groups in total. The van der Waals surface area contributed by atoms with Crippen LogP contribution in [0.2, 0.25) is 0 Å². The van der Waals surface area contributed by atoms with E-state index < -0.39 is 17.9 Å². The summed E-state index contributed by atoms with van der Waals surface area (Å²) in [5.41, 5.74) is 0.996. The van der Waals surface area contributed by atoms with Crippen LogP contribution in [-0.2, 0) is 16.0 Å². The fourth-order valence-corrected chi connectivity index (χ4v) is 3.00. The fraction of sp³-hybridized carbons (Fsp3) is 0.579. The van der Waals surface area contributed by atoms with Gasteiger partial charge in [-0.2, -0.15) is 0 Å². The minimum absolute atomic E-state index is 0.362. The highest BCUT2D eigenvalue weighted by Crippen LogP contribution is 2.25. The molecule has 1 unspecified atom stereocenters. The number of carboxylic acids is 2. The molecule has 128 valence electrons. The van der Waals surface area contributed by atoms with Crippen molar-refractivity contribution in [1.82, 2.24) is 0 Å². The van der Waals surface area contributed by atoms with E-state index in [0.717, 1.165) is 24.8 Å². The lowest BCUT2D eigenvalue weighted by Crippen LogP contribution is -2.32. The third-order valence-electron chi connectivity index (χ3n) is 4.27. The number of hydrogen-bond donors (Lipinski definition) is 2. The van der Waals surface area contributed by atoms with Gasteiger partial charge < -0.3 is 10.2 Å². The lowest BCUT2D eigenvalue weighted by atomic mass is 9.83. The quantitative estimate of drug-likeness (QED) is 0.442. The average molecular weight is 320 g/mol. The van der Waals surface area contributed by atoms with E-state index >= 15 is 0 Å². The first-order valence-electron chi connectivity index (χ1n) is 8.55. The lowest BCUT2D eigenvalue weighted by Gasteiger charge is -2.21. The van der Waals surface area contributed by atoms with E-state index in [1.807, 2.05) is 30.3 Å². The summed E-state index contributed by atoms with van der Waals surface area (Å²) in [5, 5.41) is 18.6. The normalized spacial score (nSPS) is 12.3. The van der Waals surface area contributed by atoms with Crippen LogP contribution in [-0.4, -0.2) is 22.2 Å². The summed E-state index contributed by atoms with van der Waals surface area (Å²) < 4.78 is 0. The summed E-state index contributed by atoms with van der Waals surface area (Å²) >= 11 is 0. The van der Waals surface area contributed by atoms with Crippen LogP contribution in [0.1, 0.15) is 57.4 Å². The van der Waals surface area contributed by atoms with E-state index in [1.54, 1.807) is 0 Å². The number of aliphatic carboxylic acids is 2. The van der Waals surface area contributed by atoms with E-state index in [1.165, 1.54) is 19.3 Å². The Kier molecular flexibility index (Phi) is 9.03. The van der Waals surface area contributed by atoms with Gasteiger partial charge in [0.25, 0.3) is 0 Å². The van der Waals surface area contributed by atoms with Crippen molar-refractivity contribution in [3.8, 4) is 0 Å². The van der Waals surface area contributed by atoms with Crippen molar-refractivity contribution in [3.63, 3.8) is 0 Å². The maximum absolute atomic E-state index is 11.4. The highest BCUT2D eigenvalue weighted by molar-refractivity contribution is 5.93. The molecular formula is C19H28O4. The molecular weight excluding hydrogens is 292 g/mol. The van der Waals surface area contributed by atoms with Crippen molar-refractivity contribution < 1.29 is 19.8 Å². The number of hydrogen-bond acceptors (Lipinski definition) is 2.